The van der Waals surface area contributed by atoms with E-state index in [1.165, 1.54) is 11.0 Å². The molecule has 126 valence electrons. The first-order valence-corrected chi connectivity index (χ1v) is 8.40. The molecule has 0 aromatic heterocycles. The number of hydrogen-bond acceptors (Lipinski definition) is 2. The Labute approximate surface area is 143 Å². The maximum Gasteiger partial charge on any atom is 0.146 e. The molecular weight excluding hydrogens is 303 g/mol. The summed E-state index contributed by atoms with van der Waals surface area (Å²) in [5, 5.41) is 0. The monoisotopic (exact) mass is 327 g/mol. The summed E-state index contributed by atoms with van der Waals surface area (Å²) in [5.74, 6) is 0.769. The number of quaternary nitrogens is 1. The van der Waals surface area contributed by atoms with Gasteiger partial charge >= 0.3 is 0 Å². The number of nitrogens with zero attached hydrogens (tertiary/aromatic N) is 1. The number of anilines is 1. The number of rotatable bonds is 5. The van der Waals surface area contributed by atoms with Gasteiger partial charge in [0.25, 0.3) is 0 Å². The van der Waals surface area contributed by atoms with E-state index < -0.39 is 0 Å². The number of halogens is 1. The first-order valence-electron chi connectivity index (χ1n) is 8.40. The third kappa shape index (κ3) is 3.95. The minimum Gasteiger partial charge on any atom is -0.496 e. The Morgan fingerprint density at radius 2 is 1.79 bits per heavy atom. The van der Waals surface area contributed by atoms with Crippen LogP contribution in [0.5, 0.6) is 5.75 Å². The van der Waals surface area contributed by atoms with Crippen LogP contribution in [0.2, 0.25) is 0 Å². The Balaban J connectivity index is 1.52. The van der Waals surface area contributed by atoms with E-state index in [9.17, 15) is 4.39 Å². The van der Waals surface area contributed by atoms with Crippen molar-refractivity contribution in [2.45, 2.75) is 0 Å². The van der Waals surface area contributed by atoms with Crippen molar-refractivity contribution < 1.29 is 14.0 Å². The average Bonchev–Trinajstić information content (AvgIpc) is 2.63. The Hall–Kier alpha value is -2.33. The third-order valence-electron chi connectivity index (χ3n) is 4.51. The van der Waals surface area contributed by atoms with Crippen LogP contribution in [0, 0.1) is 5.82 Å². The smallest absolute Gasteiger partial charge is 0.146 e. The Morgan fingerprint density at radius 3 is 2.54 bits per heavy atom. The molecule has 1 heterocycles. The molecule has 2 aromatic rings. The van der Waals surface area contributed by atoms with Crippen molar-refractivity contribution in [1.82, 2.24) is 0 Å². The van der Waals surface area contributed by atoms with Gasteiger partial charge in [0.2, 0.25) is 0 Å². The van der Waals surface area contributed by atoms with Crippen LogP contribution in [0.15, 0.2) is 54.6 Å². The standard InChI is InChI=1S/C20H23FN2O/c1-24-20-11-5-2-7-17(20)8-6-12-22-13-15-23(16-14-22)19-10-4-3-9-18(19)21/h2-11H,12-16H2,1H3/p+1/b8-6+. The minimum atomic E-state index is -0.128. The zero-order valence-corrected chi connectivity index (χ0v) is 14.0. The Kier molecular flexibility index (Phi) is 5.49. The number of nitrogens with one attached hydrogen (secondary N) is 1. The van der Waals surface area contributed by atoms with E-state index in [4.69, 9.17) is 4.74 Å². The highest BCUT2D eigenvalue weighted by Gasteiger charge is 2.20. The van der Waals surface area contributed by atoms with Crippen LogP contribution in [0.3, 0.4) is 0 Å². The van der Waals surface area contributed by atoms with Crippen LogP contribution in [-0.4, -0.2) is 39.8 Å². The zero-order chi connectivity index (χ0) is 16.8. The summed E-state index contributed by atoms with van der Waals surface area (Å²) in [4.78, 5) is 3.66. The van der Waals surface area contributed by atoms with Crippen molar-refractivity contribution in [1.29, 1.82) is 0 Å². The summed E-state index contributed by atoms with van der Waals surface area (Å²) in [6.07, 6.45) is 4.32. The van der Waals surface area contributed by atoms with E-state index in [-0.39, 0.29) is 5.82 Å². The highest BCUT2D eigenvalue weighted by molar-refractivity contribution is 5.57. The van der Waals surface area contributed by atoms with Gasteiger partial charge in [-0.1, -0.05) is 30.3 Å². The number of hydrogen-bond donors (Lipinski definition) is 1. The van der Waals surface area contributed by atoms with Gasteiger partial charge in [0.05, 0.1) is 45.5 Å². The van der Waals surface area contributed by atoms with E-state index in [2.05, 4.69) is 23.1 Å². The van der Waals surface area contributed by atoms with Gasteiger partial charge in [-0.2, -0.15) is 0 Å². The molecule has 1 aliphatic heterocycles. The highest BCUT2D eigenvalue weighted by atomic mass is 19.1. The molecular formula is C20H24FN2O+. The van der Waals surface area contributed by atoms with Crippen molar-refractivity contribution in [3.63, 3.8) is 0 Å². The molecule has 4 heteroatoms. The predicted molar refractivity (Wildman–Crippen MR) is 96.2 cm³/mol. The number of benzene rings is 2. The van der Waals surface area contributed by atoms with Gasteiger partial charge < -0.3 is 14.5 Å². The quantitative estimate of drug-likeness (QED) is 0.907. The van der Waals surface area contributed by atoms with Crippen LogP contribution in [0.25, 0.3) is 6.08 Å². The van der Waals surface area contributed by atoms with Crippen LogP contribution >= 0.6 is 0 Å². The lowest BCUT2D eigenvalue weighted by Crippen LogP contribution is -3.14. The molecule has 24 heavy (non-hydrogen) atoms. The second-order valence-corrected chi connectivity index (χ2v) is 6.04. The molecule has 1 aliphatic rings. The van der Waals surface area contributed by atoms with E-state index in [1.54, 1.807) is 13.2 Å². The number of methoxy groups -OCH3 is 1. The van der Waals surface area contributed by atoms with Crippen molar-refractivity contribution in [3.8, 4) is 5.75 Å². The van der Waals surface area contributed by atoms with Crippen LogP contribution in [0.1, 0.15) is 5.56 Å². The van der Waals surface area contributed by atoms with Gasteiger partial charge in [0, 0.05) is 5.56 Å². The maximum atomic E-state index is 13.9. The summed E-state index contributed by atoms with van der Waals surface area (Å²) >= 11 is 0. The molecule has 0 atom stereocenters. The molecule has 3 nitrogen and oxygen atoms in total. The molecule has 0 aliphatic carbocycles. The summed E-state index contributed by atoms with van der Waals surface area (Å²) < 4.78 is 19.2. The van der Waals surface area contributed by atoms with Crippen LogP contribution in [0.4, 0.5) is 10.1 Å². The second-order valence-electron chi connectivity index (χ2n) is 6.04. The fraction of sp³-hybridized carbons (Fsp3) is 0.300. The first kappa shape index (κ1) is 16.5. The van der Waals surface area contributed by atoms with Crippen molar-refractivity contribution >= 4 is 11.8 Å². The molecule has 0 saturated carbocycles. The number of para-hydroxylation sites is 2. The van der Waals surface area contributed by atoms with Gasteiger partial charge in [-0.25, -0.2) is 4.39 Å². The minimum absolute atomic E-state index is 0.128. The van der Waals surface area contributed by atoms with Crippen LogP contribution < -0.4 is 14.5 Å². The summed E-state index contributed by atoms with van der Waals surface area (Å²) in [7, 11) is 1.69. The SMILES string of the molecule is COc1ccccc1/C=C/C[NH+]1CCN(c2ccccc2F)CC1. The molecule has 1 fully saturated rings. The van der Waals surface area contributed by atoms with E-state index in [0.717, 1.165) is 49.7 Å². The zero-order valence-electron chi connectivity index (χ0n) is 14.0. The molecule has 3 rings (SSSR count). The lowest BCUT2D eigenvalue weighted by Gasteiger charge is -2.33. The second kappa shape index (κ2) is 7.97. The summed E-state index contributed by atoms with van der Waals surface area (Å²) in [6.45, 7) is 4.79. The van der Waals surface area contributed by atoms with Crippen LogP contribution in [-0.2, 0) is 0 Å². The van der Waals surface area contributed by atoms with E-state index >= 15 is 0 Å². The molecule has 0 radical (unpaired) electrons. The van der Waals surface area contributed by atoms with E-state index in [0.29, 0.717) is 0 Å². The third-order valence-corrected chi connectivity index (χ3v) is 4.51. The fourth-order valence-electron chi connectivity index (χ4n) is 3.13. The topological polar surface area (TPSA) is 16.9 Å². The summed E-state index contributed by atoms with van der Waals surface area (Å²) in [5.41, 5.74) is 1.82. The lowest BCUT2D eigenvalue weighted by atomic mass is 10.2. The Morgan fingerprint density at radius 1 is 1.08 bits per heavy atom. The fourth-order valence-corrected chi connectivity index (χ4v) is 3.13. The normalized spacial score (nSPS) is 15.8. The van der Waals surface area contributed by atoms with Gasteiger partial charge in [-0.3, -0.25) is 0 Å². The van der Waals surface area contributed by atoms with Crippen molar-refractivity contribution in [2.24, 2.45) is 0 Å². The molecule has 0 bridgehead atoms. The van der Waals surface area contributed by atoms with Crippen molar-refractivity contribution in [3.05, 3.63) is 66.0 Å². The van der Waals surface area contributed by atoms with Gasteiger partial charge in [0.15, 0.2) is 0 Å². The average molecular weight is 327 g/mol. The predicted octanol–water partition coefficient (Wildman–Crippen LogP) is 2.25. The largest absolute Gasteiger partial charge is 0.496 e. The number of ether oxygens (including phenoxy) is 1. The van der Waals surface area contributed by atoms with Crippen molar-refractivity contribution in [2.75, 3.05) is 44.7 Å². The molecule has 1 N–H and O–H groups in total. The first-order chi connectivity index (χ1) is 11.8. The molecule has 0 spiro atoms. The lowest BCUT2D eigenvalue weighted by molar-refractivity contribution is -0.894. The molecule has 0 amide bonds. The molecule has 0 unspecified atom stereocenters. The van der Waals surface area contributed by atoms with Gasteiger partial charge in [-0.15, -0.1) is 0 Å². The van der Waals surface area contributed by atoms with E-state index in [1.807, 2.05) is 30.3 Å². The Bertz CT molecular complexity index is 694. The van der Waals surface area contributed by atoms with Gasteiger partial charge in [-0.05, 0) is 30.4 Å². The molecule has 2 aromatic carbocycles. The maximum absolute atomic E-state index is 13.9. The molecule has 1 saturated heterocycles. The summed E-state index contributed by atoms with van der Waals surface area (Å²) in [6, 6.07) is 15.1. The highest BCUT2D eigenvalue weighted by Crippen LogP contribution is 2.19. The number of piperazine rings is 1. The van der Waals surface area contributed by atoms with Gasteiger partial charge in [0.1, 0.15) is 11.6 Å².